The summed E-state index contributed by atoms with van der Waals surface area (Å²) in [5.41, 5.74) is 7.76. The molecule has 1 unspecified atom stereocenters. The number of hydrogen-bond donors (Lipinski definition) is 2. The van der Waals surface area contributed by atoms with E-state index in [1.54, 1.807) is 0 Å². The number of nitrogens with one attached hydrogen (secondary N) is 1. The molecule has 1 fully saturated rings. The number of likely N-dealkylation sites (tertiary alicyclic amines) is 1. The number of hydrogen-bond acceptors (Lipinski definition) is 3. The van der Waals surface area contributed by atoms with E-state index in [-0.39, 0.29) is 0 Å². The lowest BCUT2D eigenvalue weighted by Crippen LogP contribution is -2.40. The van der Waals surface area contributed by atoms with Gasteiger partial charge in [-0.15, -0.1) is 0 Å². The van der Waals surface area contributed by atoms with E-state index < -0.39 is 0 Å². The van der Waals surface area contributed by atoms with Crippen LogP contribution in [0.5, 0.6) is 0 Å². The average Bonchev–Trinajstić information content (AvgIpc) is 2.77. The highest BCUT2D eigenvalue weighted by atomic mass is 15.2. The first-order chi connectivity index (χ1) is 7.83. The fraction of sp³-hybridized carbons (Fsp3) is 0.750. The highest BCUT2D eigenvalue weighted by Gasteiger charge is 2.21. The van der Waals surface area contributed by atoms with Crippen molar-refractivity contribution in [2.24, 2.45) is 5.73 Å². The Morgan fingerprint density at radius 1 is 1.56 bits per heavy atom. The highest BCUT2D eigenvalue weighted by molar-refractivity contribution is 5.09. The summed E-state index contributed by atoms with van der Waals surface area (Å²) in [7, 11) is 0. The molecule has 0 aliphatic carbocycles. The molecular weight excluding hydrogens is 200 g/mol. The van der Waals surface area contributed by atoms with E-state index in [1.165, 1.54) is 25.8 Å². The summed E-state index contributed by atoms with van der Waals surface area (Å²) in [4.78, 5) is 2.57. The van der Waals surface area contributed by atoms with E-state index in [9.17, 15) is 0 Å². The van der Waals surface area contributed by atoms with Gasteiger partial charge in [0.2, 0.25) is 0 Å². The predicted octanol–water partition coefficient (Wildman–Crippen LogP) is 1.29. The number of nitrogens with zero attached hydrogens (tertiary/aromatic N) is 2. The number of piperidine rings is 1. The van der Waals surface area contributed by atoms with Crippen LogP contribution in [0.2, 0.25) is 0 Å². The lowest BCUT2D eigenvalue weighted by molar-refractivity contribution is 0.154. The van der Waals surface area contributed by atoms with E-state index in [2.05, 4.69) is 28.1 Å². The Bertz CT molecular complexity index is 321. The molecule has 1 aliphatic heterocycles. The van der Waals surface area contributed by atoms with Crippen LogP contribution < -0.4 is 5.73 Å². The van der Waals surface area contributed by atoms with Crippen LogP contribution in [0, 0.1) is 0 Å². The monoisotopic (exact) mass is 222 g/mol. The zero-order valence-electron chi connectivity index (χ0n) is 10.1. The first-order valence-corrected chi connectivity index (χ1v) is 6.30. The van der Waals surface area contributed by atoms with Crippen LogP contribution in [-0.4, -0.2) is 34.2 Å². The third-order valence-corrected chi connectivity index (χ3v) is 3.50. The smallest absolute Gasteiger partial charge is 0.0641 e. The van der Waals surface area contributed by atoms with Crippen LogP contribution in [0.4, 0.5) is 0 Å². The molecule has 2 heterocycles. The van der Waals surface area contributed by atoms with Crippen molar-refractivity contribution >= 4 is 0 Å². The van der Waals surface area contributed by atoms with Crippen molar-refractivity contribution in [2.45, 2.75) is 45.2 Å². The molecule has 2 rings (SSSR count). The zero-order chi connectivity index (χ0) is 11.4. The van der Waals surface area contributed by atoms with Crippen molar-refractivity contribution in [1.29, 1.82) is 0 Å². The van der Waals surface area contributed by atoms with Gasteiger partial charge in [-0.2, -0.15) is 5.10 Å². The molecule has 1 aromatic heterocycles. The SMILES string of the molecule is CCN1CCCCC1Cc1cc(CN)[nH]n1. The Morgan fingerprint density at radius 2 is 2.44 bits per heavy atom. The summed E-state index contributed by atoms with van der Waals surface area (Å²) in [6.45, 7) is 5.19. The standard InChI is InChI=1S/C12H22N4/c1-2-16-6-4-3-5-12(16)8-10-7-11(9-13)15-14-10/h7,12H,2-6,8-9,13H2,1H3,(H,14,15). The Morgan fingerprint density at radius 3 is 3.12 bits per heavy atom. The largest absolute Gasteiger partial charge is 0.325 e. The molecule has 1 atom stereocenters. The summed E-state index contributed by atoms with van der Waals surface area (Å²) in [5.74, 6) is 0. The van der Waals surface area contributed by atoms with Crippen LogP contribution >= 0.6 is 0 Å². The molecular formula is C12H22N4. The van der Waals surface area contributed by atoms with Gasteiger partial charge in [0.25, 0.3) is 0 Å². The molecule has 3 N–H and O–H groups in total. The van der Waals surface area contributed by atoms with Crippen molar-refractivity contribution in [3.63, 3.8) is 0 Å². The molecule has 0 radical (unpaired) electrons. The number of aromatic amines is 1. The molecule has 90 valence electrons. The molecule has 1 aliphatic rings. The zero-order valence-corrected chi connectivity index (χ0v) is 10.1. The Labute approximate surface area is 97.2 Å². The Balaban J connectivity index is 1.96. The van der Waals surface area contributed by atoms with Gasteiger partial charge in [0.1, 0.15) is 0 Å². The molecule has 0 amide bonds. The van der Waals surface area contributed by atoms with E-state index in [0.717, 1.165) is 24.4 Å². The number of aromatic nitrogens is 2. The molecule has 0 bridgehead atoms. The van der Waals surface area contributed by atoms with Gasteiger partial charge in [0.15, 0.2) is 0 Å². The number of likely N-dealkylation sites (N-methyl/N-ethyl adjacent to an activating group) is 1. The molecule has 4 nitrogen and oxygen atoms in total. The summed E-state index contributed by atoms with van der Waals surface area (Å²) < 4.78 is 0. The van der Waals surface area contributed by atoms with E-state index >= 15 is 0 Å². The van der Waals surface area contributed by atoms with Gasteiger partial charge < -0.3 is 10.6 Å². The minimum Gasteiger partial charge on any atom is -0.325 e. The van der Waals surface area contributed by atoms with Crippen molar-refractivity contribution < 1.29 is 0 Å². The maximum absolute atomic E-state index is 5.57. The maximum Gasteiger partial charge on any atom is 0.0641 e. The van der Waals surface area contributed by atoms with Crippen LogP contribution in [0.1, 0.15) is 37.6 Å². The summed E-state index contributed by atoms with van der Waals surface area (Å²) in [6.07, 6.45) is 5.07. The van der Waals surface area contributed by atoms with Gasteiger partial charge in [0.05, 0.1) is 5.69 Å². The van der Waals surface area contributed by atoms with E-state index in [1.807, 2.05) is 0 Å². The topological polar surface area (TPSA) is 57.9 Å². The third kappa shape index (κ3) is 2.62. The fourth-order valence-electron chi connectivity index (χ4n) is 2.57. The lowest BCUT2D eigenvalue weighted by atomic mass is 9.98. The van der Waals surface area contributed by atoms with Crippen molar-refractivity contribution in [3.8, 4) is 0 Å². The number of nitrogens with two attached hydrogens (primary N) is 1. The van der Waals surface area contributed by atoms with Crippen LogP contribution in [-0.2, 0) is 13.0 Å². The van der Waals surface area contributed by atoms with Gasteiger partial charge in [-0.1, -0.05) is 13.3 Å². The lowest BCUT2D eigenvalue weighted by Gasteiger charge is -2.34. The van der Waals surface area contributed by atoms with Gasteiger partial charge in [0, 0.05) is 24.7 Å². The molecule has 0 aromatic carbocycles. The molecule has 0 saturated carbocycles. The number of H-pyrrole nitrogens is 1. The highest BCUT2D eigenvalue weighted by Crippen LogP contribution is 2.19. The summed E-state index contributed by atoms with van der Waals surface area (Å²) >= 11 is 0. The second-order valence-electron chi connectivity index (χ2n) is 4.57. The fourth-order valence-corrected chi connectivity index (χ4v) is 2.57. The normalized spacial score (nSPS) is 22.5. The predicted molar refractivity (Wildman–Crippen MR) is 65.1 cm³/mol. The number of rotatable bonds is 4. The summed E-state index contributed by atoms with van der Waals surface area (Å²) in [5, 5.41) is 7.30. The molecule has 4 heteroatoms. The minimum absolute atomic E-state index is 0.551. The molecule has 16 heavy (non-hydrogen) atoms. The van der Waals surface area contributed by atoms with Gasteiger partial charge in [-0.25, -0.2) is 0 Å². The Hall–Kier alpha value is -0.870. The van der Waals surface area contributed by atoms with E-state index in [0.29, 0.717) is 12.6 Å². The second-order valence-corrected chi connectivity index (χ2v) is 4.57. The van der Waals surface area contributed by atoms with Gasteiger partial charge in [-0.05, 0) is 32.0 Å². The van der Waals surface area contributed by atoms with Crippen LogP contribution in [0.25, 0.3) is 0 Å². The van der Waals surface area contributed by atoms with Crippen molar-refractivity contribution in [1.82, 2.24) is 15.1 Å². The quantitative estimate of drug-likeness (QED) is 0.807. The summed E-state index contributed by atoms with van der Waals surface area (Å²) in [6, 6.07) is 2.77. The second kappa shape index (κ2) is 5.46. The van der Waals surface area contributed by atoms with Gasteiger partial charge >= 0.3 is 0 Å². The van der Waals surface area contributed by atoms with Crippen LogP contribution in [0.3, 0.4) is 0 Å². The average molecular weight is 222 g/mol. The molecule has 1 saturated heterocycles. The van der Waals surface area contributed by atoms with Crippen LogP contribution in [0.15, 0.2) is 6.07 Å². The third-order valence-electron chi connectivity index (χ3n) is 3.50. The Kier molecular flexibility index (Phi) is 3.96. The van der Waals surface area contributed by atoms with Crippen molar-refractivity contribution in [2.75, 3.05) is 13.1 Å². The van der Waals surface area contributed by atoms with Crippen molar-refractivity contribution in [3.05, 3.63) is 17.5 Å². The maximum atomic E-state index is 5.57. The molecule has 1 aromatic rings. The minimum atomic E-state index is 0.551. The first-order valence-electron chi connectivity index (χ1n) is 6.30. The van der Waals surface area contributed by atoms with E-state index in [4.69, 9.17) is 5.73 Å². The first kappa shape index (κ1) is 11.6. The molecule has 0 spiro atoms. The van der Waals surface area contributed by atoms with Gasteiger partial charge in [-0.3, -0.25) is 5.10 Å².